The van der Waals surface area contributed by atoms with Crippen LogP contribution in [0.2, 0.25) is 0 Å². The molecule has 0 radical (unpaired) electrons. The molecule has 25 heavy (non-hydrogen) atoms. The molecule has 1 saturated heterocycles. The number of fused-ring (bicyclic) bond motifs is 1. The van der Waals surface area contributed by atoms with Gasteiger partial charge in [-0.3, -0.25) is 4.79 Å². The number of para-hydroxylation sites is 1. The number of benzene rings is 1. The summed E-state index contributed by atoms with van der Waals surface area (Å²) >= 11 is 0. The van der Waals surface area contributed by atoms with E-state index in [1.165, 1.54) is 0 Å². The van der Waals surface area contributed by atoms with E-state index in [0.717, 1.165) is 50.1 Å². The number of amides is 1. The van der Waals surface area contributed by atoms with Crippen molar-refractivity contribution in [2.45, 2.75) is 44.2 Å². The second kappa shape index (κ2) is 6.60. The van der Waals surface area contributed by atoms with Gasteiger partial charge in [-0.1, -0.05) is 25.1 Å². The molecular formula is C20H27FN2O2. The first-order chi connectivity index (χ1) is 12.1. The molecule has 4 nitrogen and oxygen atoms in total. The summed E-state index contributed by atoms with van der Waals surface area (Å²) in [6.45, 7) is 4.05. The summed E-state index contributed by atoms with van der Waals surface area (Å²) in [6, 6.07) is 8.06. The van der Waals surface area contributed by atoms with Gasteiger partial charge in [0.1, 0.15) is 18.0 Å². The number of nitrogens with zero attached hydrogens (tertiary/aromatic N) is 1. The summed E-state index contributed by atoms with van der Waals surface area (Å²) in [7, 11) is 0. The van der Waals surface area contributed by atoms with Gasteiger partial charge in [-0.2, -0.15) is 0 Å². The maximum Gasteiger partial charge on any atom is 0.223 e. The lowest BCUT2D eigenvalue weighted by Gasteiger charge is -2.47. The lowest BCUT2D eigenvalue weighted by Crippen LogP contribution is -2.52. The average molecular weight is 346 g/mol. The summed E-state index contributed by atoms with van der Waals surface area (Å²) in [4.78, 5) is 14.7. The van der Waals surface area contributed by atoms with Gasteiger partial charge in [0.2, 0.25) is 5.91 Å². The molecule has 2 aliphatic heterocycles. The number of hydrogen-bond donors (Lipinski definition) is 1. The van der Waals surface area contributed by atoms with Crippen molar-refractivity contribution in [3.8, 4) is 5.75 Å². The van der Waals surface area contributed by atoms with Crippen molar-refractivity contribution >= 4 is 5.91 Å². The first kappa shape index (κ1) is 16.8. The Hall–Kier alpha value is -1.62. The van der Waals surface area contributed by atoms with E-state index in [4.69, 9.17) is 4.74 Å². The predicted molar refractivity (Wildman–Crippen MR) is 94.2 cm³/mol. The molecule has 1 aliphatic carbocycles. The number of piperidine rings is 1. The molecule has 1 aromatic rings. The Morgan fingerprint density at radius 2 is 2.08 bits per heavy atom. The monoisotopic (exact) mass is 346 g/mol. The smallest absolute Gasteiger partial charge is 0.223 e. The molecule has 3 aliphatic rings. The van der Waals surface area contributed by atoms with Crippen molar-refractivity contribution in [3.05, 3.63) is 29.8 Å². The third-order valence-corrected chi connectivity index (χ3v) is 6.13. The van der Waals surface area contributed by atoms with Crippen molar-refractivity contribution < 1.29 is 13.9 Å². The summed E-state index contributed by atoms with van der Waals surface area (Å²) < 4.78 is 19.0. The first-order valence-corrected chi connectivity index (χ1v) is 9.47. The molecule has 4 rings (SSSR count). The van der Waals surface area contributed by atoms with E-state index in [1.54, 1.807) is 0 Å². The fourth-order valence-electron chi connectivity index (χ4n) is 4.32. The van der Waals surface area contributed by atoms with Crippen molar-refractivity contribution in [2.24, 2.45) is 11.8 Å². The zero-order valence-corrected chi connectivity index (χ0v) is 14.8. The minimum Gasteiger partial charge on any atom is -0.487 e. The zero-order valence-electron chi connectivity index (χ0n) is 14.8. The van der Waals surface area contributed by atoms with Crippen molar-refractivity contribution in [1.29, 1.82) is 0 Å². The van der Waals surface area contributed by atoms with Gasteiger partial charge in [0.05, 0.1) is 6.04 Å². The third-order valence-electron chi connectivity index (χ3n) is 6.13. The number of halogens is 1. The highest BCUT2D eigenvalue weighted by Crippen LogP contribution is 2.45. The van der Waals surface area contributed by atoms with Crippen LogP contribution in [0.1, 0.15) is 44.2 Å². The van der Waals surface area contributed by atoms with E-state index in [0.29, 0.717) is 12.5 Å². The van der Waals surface area contributed by atoms with Crippen LogP contribution in [0.3, 0.4) is 0 Å². The summed E-state index contributed by atoms with van der Waals surface area (Å²) in [5.41, 5.74) is 0.842. The number of ether oxygens (including phenoxy) is 1. The molecule has 2 heterocycles. The van der Waals surface area contributed by atoms with Crippen LogP contribution in [0, 0.1) is 11.8 Å². The highest BCUT2D eigenvalue weighted by atomic mass is 19.1. The maximum atomic E-state index is 12.6. The van der Waals surface area contributed by atoms with Gasteiger partial charge in [-0.15, -0.1) is 0 Å². The van der Waals surface area contributed by atoms with E-state index in [2.05, 4.69) is 23.2 Å². The highest BCUT2D eigenvalue weighted by molar-refractivity contribution is 5.82. The number of alkyl halides is 1. The molecule has 136 valence electrons. The van der Waals surface area contributed by atoms with Crippen LogP contribution in [-0.2, 0) is 4.79 Å². The Morgan fingerprint density at radius 1 is 1.36 bits per heavy atom. The molecule has 2 fully saturated rings. The van der Waals surface area contributed by atoms with Crippen LogP contribution in [0.25, 0.3) is 0 Å². The zero-order chi connectivity index (χ0) is 17.4. The van der Waals surface area contributed by atoms with Crippen LogP contribution < -0.4 is 10.1 Å². The Bertz CT molecular complexity index is 642. The molecule has 1 saturated carbocycles. The van der Waals surface area contributed by atoms with E-state index < -0.39 is 0 Å². The van der Waals surface area contributed by atoms with Gasteiger partial charge in [-0.05, 0) is 31.2 Å². The second-order valence-electron chi connectivity index (χ2n) is 7.94. The number of carbonyl (C=O) groups is 1. The fraction of sp³-hybridized carbons (Fsp3) is 0.650. The summed E-state index contributed by atoms with van der Waals surface area (Å²) in [5.74, 6) is 1.76. The van der Waals surface area contributed by atoms with Gasteiger partial charge in [0, 0.05) is 37.5 Å². The van der Waals surface area contributed by atoms with E-state index >= 15 is 0 Å². The molecule has 0 bridgehead atoms. The number of carbonyl (C=O) groups excluding carboxylic acids is 1. The lowest BCUT2D eigenvalue weighted by atomic mass is 9.80. The standard InChI is InChI=1S/C20H27FN2O2/c1-14-12-16(14)19(24)22-17-13-20(6-9-23(10-7-20)11-8-21)25-18-5-3-2-4-15(17)18/h2-5,14,16-17H,6-13H2,1H3,(H,22,24)/t14-,16-,17-/m1/s1. The van der Waals surface area contributed by atoms with Crippen LogP contribution in [-0.4, -0.2) is 42.7 Å². The molecule has 0 unspecified atom stereocenters. The van der Waals surface area contributed by atoms with E-state index in [-0.39, 0.29) is 30.1 Å². The molecule has 1 aromatic carbocycles. The number of rotatable bonds is 4. The SMILES string of the molecule is C[C@@H]1C[C@H]1C(=O)N[C@@H]1CC2(CCN(CCF)CC2)Oc2ccccc21. The van der Waals surface area contributed by atoms with Crippen LogP contribution in [0.5, 0.6) is 5.75 Å². The maximum absolute atomic E-state index is 12.6. The van der Waals surface area contributed by atoms with Gasteiger partial charge in [0.15, 0.2) is 0 Å². The van der Waals surface area contributed by atoms with Crippen LogP contribution in [0.15, 0.2) is 24.3 Å². The Labute approximate surface area is 148 Å². The van der Waals surface area contributed by atoms with Gasteiger partial charge in [-0.25, -0.2) is 4.39 Å². The van der Waals surface area contributed by atoms with Gasteiger partial charge >= 0.3 is 0 Å². The minimum atomic E-state index is -0.297. The van der Waals surface area contributed by atoms with Gasteiger partial charge in [0.25, 0.3) is 0 Å². The Balaban J connectivity index is 1.51. The Morgan fingerprint density at radius 3 is 2.76 bits per heavy atom. The van der Waals surface area contributed by atoms with E-state index in [9.17, 15) is 9.18 Å². The van der Waals surface area contributed by atoms with Crippen molar-refractivity contribution in [1.82, 2.24) is 10.2 Å². The molecule has 3 atom stereocenters. The normalized spacial score (nSPS) is 30.4. The average Bonchev–Trinajstić information content (AvgIpc) is 3.34. The number of likely N-dealkylation sites (tertiary alicyclic amines) is 1. The molecular weight excluding hydrogens is 319 g/mol. The lowest BCUT2D eigenvalue weighted by molar-refractivity contribution is -0.124. The minimum absolute atomic E-state index is 0.0120. The molecule has 1 spiro atoms. The first-order valence-electron chi connectivity index (χ1n) is 9.47. The van der Waals surface area contributed by atoms with Gasteiger partial charge < -0.3 is 15.0 Å². The molecule has 5 heteroatoms. The Kier molecular flexibility index (Phi) is 4.44. The van der Waals surface area contributed by atoms with Crippen LogP contribution >= 0.6 is 0 Å². The summed E-state index contributed by atoms with van der Waals surface area (Å²) in [6.07, 6.45) is 3.57. The third kappa shape index (κ3) is 3.39. The predicted octanol–water partition coefficient (Wildman–Crippen LogP) is 3.09. The highest BCUT2D eigenvalue weighted by Gasteiger charge is 2.45. The fourth-order valence-corrected chi connectivity index (χ4v) is 4.32. The van der Waals surface area contributed by atoms with Crippen molar-refractivity contribution in [2.75, 3.05) is 26.3 Å². The number of hydrogen-bond acceptors (Lipinski definition) is 3. The molecule has 1 amide bonds. The number of nitrogens with one attached hydrogen (secondary N) is 1. The van der Waals surface area contributed by atoms with Crippen molar-refractivity contribution in [3.63, 3.8) is 0 Å². The largest absolute Gasteiger partial charge is 0.487 e. The quantitative estimate of drug-likeness (QED) is 0.911. The van der Waals surface area contributed by atoms with E-state index in [1.807, 2.05) is 18.2 Å². The topological polar surface area (TPSA) is 41.6 Å². The van der Waals surface area contributed by atoms with Crippen LogP contribution in [0.4, 0.5) is 4.39 Å². The second-order valence-corrected chi connectivity index (χ2v) is 7.94. The summed E-state index contributed by atoms with van der Waals surface area (Å²) in [5, 5.41) is 3.28. The molecule has 1 N–H and O–H groups in total. The molecule has 0 aromatic heterocycles.